The molecule has 0 saturated carbocycles. The zero-order chi connectivity index (χ0) is 13.0. The van der Waals surface area contributed by atoms with Crippen LogP contribution in [0.25, 0.3) is 0 Å². The van der Waals surface area contributed by atoms with Gasteiger partial charge in [-0.1, -0.05) is 0 Å². The van der Waals surface area contributed by atoms with E-state index in [1.165, 1.54) is 0 Å². The molecule has 1 aliphatic rings. The molecule has 0 radical (unpaired) electrons. The first-order valence-corrected chi connectivity index (χ1v) is 5.78. The number of likely N-dealkylation sites (tertiary alicyclic amines) is 1. The van der Waals surface area contributed by atoms with E-state index in [4.69, 9.17) is 15.3 Å². The average Bonchev–Trinajstić information content (AvgIpc) is 2.25. The molecule has 1 aliphatic heterocycles. The van der Waals surface area contributed by atoms with Gasteiger partial charge < -0.3 is 20.2 Å². The van der Waals surface area contributed by atoms with Crippen molar-refractivity contribution in [2.45, 2.75) is 25.9 Å². The van der Waals surface area contributed by atoms with E-state index in [2.05, 4.69) is 0 Å². The second kappa shape index (κ2) is 5.97. The normalized spacial score (nSPS) is 27.6. The second-order valence-corrected chi connectivity index (χ2v) is 4.62. The Balaban J connectivity index is 2.56. The summed E-state index contributed by atoms with van der Waals surface area (Å²) in [4.78, 5) is 23.8. The Kier molecular flexibility index (Phi) is 4.89. The van der Waals surface area contributed by atoms with Crippen molar-refractivity contribution in [1.82, 2.24) is 4.90 Å². The van der Waals surface area contributed by atoms with Gasteiger partial charge in [-0.25, -0.2) is 0 Å². The van der Waals surface area contributed by atoms with Crippen LogP contribution in [0.5, 0.6) is 0 Å². The van der Waals surface area contributed by atoms with Gasteiger partial charge in [0.2, 0.25) is 0 Å². The van der Waals surface area contributed by atoms with E-state index < -0.39 is 29.9 Å². The largest absolute Gasteiger partial charge is 0.481 e. The molecule has 0 aromatic carbocycles. The van der Waals surface area contributed by atoms with Crippen molar-refractivity contribution < 1.29 is 24.9 Å². The highest BCUT2D eigenvalue weighted by molar-refractivity contribution is 5.80. The number of piperidine rings is 1. The Morgan fingerprint density at radius 1 is 1.29 bits per heavy atom. The summed E-state index contributed by atoms with van der Waals surface area (Å²) in [6, 6.07) is 0. The first kappa shape index (κ1) is 13.9. The van der Waals surface area contributed by atoms with Crippen LogP contribution < -0.4 is 0 Å². The van der Waals surface area contributed by atoms with Crippen LogP contribution in [-0.2, 0) is 9.59 Å². The van der Waals surface area contributed by atoms with Crippen LogP contribution in [0.3, 0.4) is 0 Å². The smallest absolute Gasteiger partial charge is 0.308 e. The minimum atomic E-state index is -1.06. The first-order chi connectivity index (χ1) is 7.91. The molecule has 0 amide bonds. The standard InChI is InChI=1S/C11H19NO5/c1-7(13)2-4-12-5-3-8(10(14)15)9(6-12)11(16)17/h7-9,13H,2-6H2,1H3,(H,14,15)(H,16,17). The fourth-order valence-electron chi connectivity index (χ4n) is 2.14. The SMILES string of the molecule is CC(O)CCN1CCC(C(=O)O)C(C(=O)O)C1. The number of hydrogen-bond donors (Lipinski definition) is 3. The summed E-state index contributed by atoms with van der Waals surface area (Å²) in [5.74, 6) is -3.74. The van der Waals surface area contributed by atoms with E-state index in [9.17, 15) is 9.59 Å². The fourth-order valence-corrected chi connectivity index (χ4v) is 2.14. The molecular formula is C11H19NO5. The Morgan fingerprint density at radius 2 is 1.88 bits per heavy atom. The molecule has 6 heteroatoms. The predicted octanol–water partition coefficient (Wildman–Crippen LogP) is -0.135. The maximum Gasteiger partial charge on any atom is 0.308 e. The summed E-state index contributed by atoms with van der Waals surface area (Å²) in [5, 5.41) is 27.1. The van der Waals surface area contributed by atoms with E-state index in [0.717, 1.165) is 0 Å². The second-order valence-electron chi connectivity index (χ2n) is 4.62. The van der Waals surface area contributed by atoms with Crippen LogP contribution in [0.1, 0.15) is 19.8 Å². The van der Waals surface area contributed by atoms with Gasteiger partial charge >= 0.3 is 11.9 Å². The summed E-state index contributed by atoms with van der Waals surface area (Å²) in [7, 11) is 0. The van der Waals surface area contributed by atoms with Crippen LogP contribution in [-0.4, -0.2) is 57.9 Å². The van der Waals surface area contributed by atoms with Crippen LogP contribution in [0, 0.1) is 11.8 Å². The summed E-state index contributed by atoms with van der Waals surface area (Å²) in [5.41, 5.74) is 0. The fraction of sp³-hybridized carbons (Fsp3) is 0.818. The number of aliphatic hydroxyl groups is 1. The molecule has 3 atom stereocenters. The minimum Gasteiger partial charge on any atom is -0.481 e. The average molecular weight is 245 g/mol. The molecule has 0 aliphatic carbocycles. The third-order valence-corrected chi connectivity index (χ3v) is 3.19. The summed E-state index contributed by atoms with van der Waals surface area (Å²) in [6.45, 7) is 3.11. The van der Waals surface area contributed by atoms with Crippen LogP contribution >= 0.6 is 0 Å². The molecule has 98 valence electrons. The molecule has 1 fully saturated rings. The quantitative estimate of drug-likeness (QED) is 0.624. The van der Waals surface area contributed by atoms with Gasteiger partial charge in [-0.3, -0.25) is 9.59 Å². The molecule has 0 spiro atoms. The van der Waals surface area contributed by atoms with Crippen molar-refractivity contribution in [3.8, 4) is 0 Å². The zero-order valence-electron chi connectivity index (χ0n) is 9.87. The Morgan fingerprint density at radius 3 is 2.35 bits per heavy atom. The molecule has 1 saturated heterocycles. The lowest BCUT2D eigenvalue weighted by Crippen LogP contribution is -2.47. The van der Waals surface area contributed by atoms with Crippen molar-refractivity contribution in [1.29, 1.82) is 0 Å². The van der Waals surface area contributed by atoms with Gasteiger partial charge in [-0.15, -0.1) is 0 Å². The van der Waals surface area contributed by atoms with E-state index in [-0.39, 0.29) is 6.54 Å². The van der Waals surface area contributed by atoms with Gasteiger partial charge in [0.05, 0.1) is 17.9 Å². The van der Waals surface area contributed by atoms with Crippen molar-refractivity contribution >= 4 is 11.9 Å². The number of carbonyl (C=O) groups is 2. The van der Waals surface area contributed by atoms with Crippen molar-refractivity contribution in [3.63, 3.8) is 0 Å². The Labute approximate surface area is 99.8 Å². The number of hydrogen-bond acceptors (Lipinski definition) is 4. The molecule has 6 nitrogen and oxygen atoms in total. The van der Waals surface area contributed by atoms with Crippen molar-refractivity contribution in [3.05, 3.63) is 0 Å². The van der Waals surface area contributed by atoms with Gasteiger partial charge in [-0.05, 0) is 26.3 Å². The molecule has 1 rings (SSSR count). The van der Waals surface area contributed by atoms with Crippen LogP contribution in [0.2, 0.25) is 0 Å². The molecule has 0 bridgehead atoms. The number of rotatable bonds is 5. The third kappa shape index (κ3) is 3.98. The Bertz CT molecular complexity index is 292. The number of aliphatic hydroxyl groups excluding tert-OH is 1. The monoisotopic (exact) mass is 245 g/mol. The van der Waals surface area contributed by atoms with Gasteiger partial charge in [0.25, 0.3) is 0 Å². The first-order valence-electron chi connectivity index (χ1n) is 5.78. The summed E-state index contributed by atoms with van der Waals surface area (Å²) < 4.78 is 0. The van der Waals surface area contributed by atoms with Gasteiger partial charge in [0.1, 0.15) is 0 Å². The minimum absolute atomic E-state index is 0.249. The summed E-state index contributed by atoms with van der Waals surface area (Å²) >= 11 is 0. The van der Waals surface area contributed by atoms with E-state index in [1.807, 2.05) is 4.90 Å². The predicted molar refractivity (Wildman–Crippen MR) is 59.6 cm³/mol. The summed E-state index contributed by atoms with van der Waals surface area (Å²) in [6.07, 6.45) is 0.506. The molecule has 0 aromatic heterocycles. The maximum atomic E-state index is 11.0. The Hall–Kier alpha value is -1.14. The van der Waals surface area contributed by atoms with E-state index in [1.54, 1.807) is 6.92 Å². The number of carboxylic acids is 2. The van der Waals surface area contributed by atoms with Gasteiger partial charge in [0.15, 0.2) is 0 Å². The molecule has 0 aromatic rings. The number of aliphatic carboxylic acids is 2. The van der Waals surface area contributed by atoms with E-state index >= 15 is 0 Å². The molecule has 3 unspecified atom stereocenters. The lowest BCUT2D eigenvalue weighted by Gasteiger charge is -2.34. The third-order valence-electron chi connectivity index (χ3n) is 3.19. The van der Waals surface area contributed by atoms with Crippen LogP contribution in [0.15, 0.2) is 0 Å². The van der Waals surface area contributed by atoms with Crippen LogP contribution in [0.4, 0.5) is 0 Å². The lowest BCUT2D eigenvalue weighted by molar-refractivity contribution is -0.157. The molecular weight excluding hydrogens is 226 g/mol. The number of carboxylic acid groups (broad SMARTS) is 2. The maximum absolute atomic E-state index is 11.0. The molecule has 3 N–H and O–H groups in total. The van der Waals surface area contributed by atoms with E-state index in [0.29, 0.717) is 25.9 Å². The highest BCUT2D eigenvalue weighted by Gasteiger charge is 2.38. The molecule has 17 heavy (non-hydrogen) atoms. The topological polar surface area (TPSA) is 98.1 Å². The van der Waals surface area contributed by atoms with Crippen molar-refractivity contribution in [2.24, 2.45) is 11.8 Å². The zero-order valence-corrected chi connectivity index (χ0v) is 9.87. The highest BCUT2D eigenvalue weighted by Crippen LogP contribution is 2.24. The van der Waals surface area contributed by atoms with Crippen molar-refractivity contribution in [2.75, 3.05) is 19.6 Å². The number of nitrogens with zero attached hydrogens (tertiary/aromatic N) is 1. The molecule has 1 heterocycles. The van der Waals surface area contributed by atoms with Gasteiger partial charge in [0, 0.05) is 13.1 Å². The van der Waals surface area contributed by atoms with Gasteiger partial charge in [-0.2, -0.15) is 0 Å². The highest BCUT2D eigenvalue weighted by atomic mass is 16.4. The lowest BCUT2D eigenvalue weighted by atomic mass is 9.85.